The molecule has 504 valence electrons. The minimum Gasteiger partial charge on any atom is -0.390 e. The summed E-state index contributed by atoms with van der Waals surface area (Å²) in [5, 5.41) is 23.1. The predicted octanol–water partition coefficient (Wildman–Crippen LogP) is 3.43. The molecular formula is C64H115N11O13. The van der Waals surface area contributed by atoms with Gasteiger partial charge in [0.05, 0.1) is 18.2 Å². The lowest BCUT2D eigenvalue weighted by Gasteiger charge is -2.41. The van der Waals surface area contributed by atoms with Crippen molar-refractivity contribution in [3.63, 3.8) is 0 Å². The summed E-state index contributed by atoms with van der Waals surface area (Å²) in [6.07, 6.45) is 3.24. The van der Waals surface area contributed by atoms with Gasteiger partial charge in [-0.15, -0.1) is 0 Å². The van der Waals surface area contributed by atoms with Gasteiger partial charge in [-0.05, 0) is 109 Å². The van der Waals surface area contributed by atoms with E-state index in [0.29, 0.717) is 12.8 Å². The molecule has 24 nitrogen and oxygen atoms in total. The lowest BCUT2D eigenvalue weighted by Crippen LogP contribution is -2.63. The monoisotopic (exact) mass is 1250 g/mol. The van der Waals surface area contributed by atoms with E-state index in [1.807, 2.05) is 41.5 Å². The van der Waals surface area contributed by atoms with Crippen molar-refractivity contribution in [2.24, 2.45) is 35.5 Å². The topological polar surface area (TPSA) is 288 Å². The Morgan fingerprint density at radius 3 is 1.49 bits per heavy atom. The molecule has 1 rings (SSSR count). The molecule has 0 spiro atoms. The zero-order valence-electron chi connectivity index (χ0n) is 58.1. The zero-order valence-corrected chi connectivity index (χ0v) is 58.1. The van der Waals surface area contributed by atoms with E-state index in [2.05, 4.69) is 21.3 Å². The fraction of sp³-hybridized carbons (Fsp3) is 0.797. The molecular weight excluding hydrogens is 1130 g/mol. The number of hydrogen-bond acceptors (Lipinski definition) is 13. The van der Waals surface area contributed by atoms with Gasteiger partial charge in [-0.3, -0.25) is 52.7 Å². The number of aliphatic hydroxyl groups is 1. The van der Waals surface area contributed by atoms with E-state index in [4.69, 9.17) is 4.74 Å². The first kappa shape index (κ1) is 79.8. The molecule has 0 saturated carbocycles. The highest BCUT2D eigenvalue weighted by Gasteiger charge is 2.46. The van der Waals surface area contributed by atoms with Crippen LogP contribution in [0.1, 0.15) is 163 Å². The number of nitrogens with one attached hydrogen (secondary N) is 4. The molecule has 0 aromatic carbocycles. The third kappa shape index (κ3) is 22.4. The molecule has 12 atom stereocenters. The molecule has 1 fully saturated rings. The number of carbonyl (C=O) groups excluding carboxylic acids is 11. The highest BCUT2D eigenvalue weighted by molar-refractivity contribution is 5.99. The van der Waals surface area contributed by atoms with Crippen LogP contribution in [0.3, 0.4) is 0 Å². The number of likely N-dealkylation sites (N-methyl/N-ethyl adjacent to an activating group) is 7. The van der Waals surface area contributed by atoms with E-state index in [0.717, 1.165) is 14.7 Å². The highest BCUT2D eigenvalue weighted by Crippen LogP contribution is 2.26. The van der Waals surface area contributed by atoms with E-state index in [1.165, 1.54) is 89.9 Å². The Labute approximate surface area is 526 Å². The van der Waals surface area contributed by atoms with Gasteiger partial charge in [-0.1, -0.05) is 95.2 Å². The van der Waals surface area contributed by atoms with Crippen LogP contribution in [-0.2, 0) is 57.5 Å². The van der Waals surface area contributed by atoms with Gasteiger partial charge in [-0.25, -0.2) is 0 Å². The summed E-state index contributed by atoms with van der Waals surface area (Å²) in [6.45, 7) is 29.1. The third-order valence-electron chi connectivity index (χ3n) is 16.9. The second-order valence-corrected chi connectivity index (χ2v) is 27.0. The van der Waals surface area contributed by atoms with Crippen LogP contribution in [0.2, 0.25) is 0 Å². The molecule has 1 aliphatic heterocycles. The molecule has 5 N–H and O–H groups in total. The number of carbonyl (C=O) groups is 11. The third-order valence-corrected chi connectivity index (χ3v) is 16.9. The Morgan fingerprint density at radius 1 is 0.545 bits per heavy atom. The van der Waals surface area contributed by atoms with Crippen LogP contribution >= 0.6 is 0 Å². The Hall–Kier alpha value is -6.17. The summed E-state index contributed by atoms with van der Waals surface area (Å²) in [5.41, 5.74) is -1.01. The van der Waals surface area contributed by atoms with E-state index >= 15 is 9.59 Å². The summed E-state index contributed by atoms with van der Waals surface area (Å²) in [5.74, 6) is -9.65. The number of aliphatic hydroxyl groups excluding tert-OH is 1. The van der Waals surface area contributed by atoms with Crippen molar-refractivity contribution in [3.05, 3.63) is 12.2 Å². The van der Waals surface area contributed by atoms with E-state index < -0.39 is 161 Å². The van der Waals surface area contributed by atoms with Crippen molar-refractivity contribution in [3.8, 4) is 0 Å². The number of allylic oxidation sites excluding steroid dienone is 2. The van der Waals surface area contributed by atoms with Gasteiger partial charge in [-0.2, -0.15) is 0 Å². The number of amides is 11. The summed E-state index contributed by atoms with van der Waals surface area (Å²) < 4.78 is 5.72. The fourth-order valence-corrected chi connectivity index (χ4v) is 10.9. The molecule has 0 radical (unpaired) electrons. The number of ether oxygens (including phenoxy) is 1. The van der Waals surface area contributed by atoms with Gasteiger partial charge >= 0.3 is 0 Å². The molecule has 0 aromatic heterocycles. The van der Waals surface area contributed by atoms with Gasteiger partial charge in [0, 0.05) is 62.9 Å². The molecule has 1 saturated heterocycles. The summed E-state index contributed by atoms with van der Waals surface area (Å²) >= 11 is 0. The zero-order chi connectivity index (χ0) is 68.3. The van der Waals surface area contributed by atoms with Crippen LogP contribution < -0.4 is 21.3 Å². The average molecular weight is 1250 g/mol. The Kier molecular flexibility index (Phi) is 32.5. The number of hydrogen-bond donors (Lipinski definition) is 5. The summed E-state index contributed by atoms with van der Waals surface area (Å²) in [7, 11) is 11.3. The SMILES string of the molecule is C/C=C/C[C@@H](C)[C@@H](O)[C@H]1C(=O)N[C@@H](CC)C(=O)N(C)CC(=O)N(C)[C@@H](CC(C)(C)OC)C(=O)N[C@H](C(C)C)C(=O)N(C)[C@H](CCC(C)C)C(=O)N[C@H](C)C(=O)N[C@@H](C)C(=O)N(C)[C@@H](CC(C)C)C(=O)N(C)[C@H](CC(C)C)C(=O)N(C)[C@@H](C(C)C)C(=O)N1C. The van der Waals surface area contributed by atoms with E-state index in [1.54, 1.807) is 74.5 Å². The van der Waals surface area contributed by atoms with Gasteiger partial charge in [0.1, 0.15) is 60.4 Å². The van der Waals surface area contributed by atoms with Crippen molar-refractivity contribution in [2.75, 3.05) is 63.0 Å². The Bertz CT molecular complexity index is 2410. The normalized spacial score (nSPS) is 26.5. The molecule has 0 aliphatic carbocycles. The molecule has 24 heteroatoms. The Morgan fingerprint density at radius 2 is 1.02 bits per heavy atom. The summed E-state index contributed by atoms with van der Waals surface area (Å²) in [4.78, 5) is 170. The molecule has 1 aliphatic rings. The molecule has 0 unspecified atom stereocenters. The smallest absolute Gasteiger partial charge is 0.246 e. The first-order valence-corrected chi connectivity index (χ1v) is 31.5. The Balaban J connectivity index is 4.39. The van der Waals surface area contributed by atoms with Crippen LogP contribution in [0.5, 0.6) is 0 Å². The highest BCUT2D eigenvalue weighted by atomic mass is 16.5. The quantitative estimate of drug-likeness (QED) is 0.131. The lowest BCUT2D eigenvalue weighted by atomic mass is 9.91. The van der Waals surface area contributed by atoms with E-state index in [9.17, 15) is 48.3 Å². The number of methoxy groups -OCH3 is 1. The first-order valence-electron chi connectivity index (χ1n) is 31.5. The molecule has 1 heterocycles. The van der Waals surface area contributed by atoms with Crippen LogP contribution in [0.25, 0.3) is 0 Å². The minimum atomic E-state index is -1.63. The van der Waals surface area contributed by atoms with Crippen molar-refractivity contribution in [2.45, 2.75) is 235 Å². The van der Waals surface area contributed by atoms with Crippen LogP contribution in [0.15, 0.2) is 12.2 Å². The first-order chi connectivity index (χ1) is 40.6. The standard InChI is InChI=1S/C64H115N11O13/c1-26-28-29-41(13)53(77)52-57(81)67-44(27-2)59(83)69(18)35-49(76)70(19)48(34-64(16,17)88-25)56(80)68-50(39(9)10)62(86)71(20)45(31-30-36(3)4)55(79)65-42(14)54(78)66-43(15)58(82)72(21)46(32-37(5)6)60(84)73(22)47(33-38(7)8)61(85)74(23)51(40(11)12)63(87)75(52)24/h26,28,36-48,50-53,77H,27,29-35H2,1-25H3,(H,65,79)(H,66,78)(H,67,81)(H,68,80)/b28-26+/t41-,42-,43+,44+,45-,46+,47-,48+,50-,51+,52+,53-/m1/s1. The maximum atomic E-state index is 15.2. The molecule has 0 bridgehead atoms. The molecule has 0 aromatic rings. The van der Waals surface area contributed by atoms with Crippen LogP contribution in [0.4, 0.5) is 0 Å². The molecule has 11 amide bonds. The van der Waals surface area contributed by atoms with Crippen molar-refractivity contribution >= 4 is 65.0 Å². The average Bonchev–Trinajstić information content (AvgIpc) is 3.66. The van der Waals surface area contributed by atoms with E-state index in [-0.39, 0.29) is 49.9 Å². The fourth-order valence-electron chi connectivity index (χ4n) is 10.9. The van der Waals surface area contributed by atoms with Gasteiger partial charge in [0.2, 0.25) is 65.0 Å². The van der Waals surface area contributed by atoms with Crippen LogP contribution in [-0.4, -0.2) is 239 Å². The number of rotatable bonds is 17. The van der Waals surface area contributed by atoms with Gasteiger partial charge in [0.15, 0.2) is 0 Å². The largest absolute Gasteiger partial charge is 0.390 e. The maximum absolute atomic E-state index is 15.2. The van der Waals surface area contributed by atoms with Crippen molar-refractivity contribution in [1.82, 2.24) is 55.6 Å². The summed E-state index contributed by atoms with van der Waals surface area (Å²) in [6, 6.07) is -12.6. The second-order valence-electron chi connectivity index (χ2n) is 27.0. The lowest BCUT2D eigenvalue weighted by molar-refractivity contribution is -0.157. The maximum Gasteiger partial charge on any atom is 0.246 e. The van der Waals surface area contributed by atoms with Gasteiger partial charge in [0.25, 0.3) is 0 Å². The number of nitrogens with zero attached hydrogens (tertiary/aromatic N) is 7. The second kappa shape index (κ2) is 35.9. The van der Waals surface area contributed by atoms with Gasteiger partial charge < -0.3 is 65.4 Å². The minimum absolute atomic E-state index is 0.00400. The predicted molar refractivity (Wildman–Crippen MR) is 339 cm³/mol. The molecule has 88 heavy (non-hydrogen) atoms. The van der Waals surface area contributed by atoms with Crippen molar-refractivity contribution in [1.29, 1.82) is 0 Å². The van der Waals surface area contributed by atoms with Crippen molar-refractivity contribution < 1.29 is 62.6 Å². The van der Waals surface area contributed by atoms with Crippen LogP contribution in [0, 0.1) is 35.5 Å².